The number of pyridine rings is 1. The third kappa shape index (κ3) is 2.54. The zero-order valence-electron chi connectivity index (χ0n) is 11.2. The Kier molecular flexibility index (Phi) is 3.85. The molecule has 2 heterocycles. The van der Waals surface area contributed by atoms with Crippen LogP contribution in [0.1, 0.15) is 18.9 Å². The number of aromatic nitrogens is 1. The van der Waals surface area contributed by atoms with Gasteiger partial charge in [-0.2, -0.15) is 0 Å². The molecule has 0 amide bonds. The molecule has 0 bridgehead atoms. The zero-order valence-corrected chi connectivity index (χ0v) is 12.8. The topological polar surface area (TPSA) is 16.1 Å². The van der Waals surface area contributed by atoms with Crippen molar-refractivity contribution in [2.75, 3.05) is 11.9 Å². The first-order chi connectivity index (χ1) is 9.29. The average Bonchev–Trinajstić information content (AvgIpc) is 2.79. The Labute approximate surface area is 123 Å². The third-order valence-corrected chi connectivity index (χ3v) is 4.93. The van der Waals surface area contributed by atoms with E-state index in [1.165, 1.54) is 23.9 Å². The molecule has 0 spiro atoms. The minimum Gasteiger partial charge on any atom is -0.295 e. The van der Waals surface area contributed by atoms with Crippen LogP contribution in [0.5, 0.6) is 0 Å². The van der Waals surface area contributed by atoms with Crippen LogP contribution in [0.3, 0.4) is 0 Å². The highest BCUT2D eigenvalue weighted by molar-refractivity contribution is 9.09. The molecule has 100 valence electrons. The summed E-state index contributed by atoms with van der Waals surface area (Å²) in [6, 6.07) is 11.2. The fourth-order valence-corrected chi connectivity index (χ4v) is 4.09. The lowest BCUT2D eigenvalue weighted by molar-refractivity contribution is 0.245. The average molecular weight is 319 g/mol. The molecule has 0 aliphatic carbocycles. The molecule has 0 N–H and O–H groups in total. The Morgan fingerprint density at radius 1 is 1.32 bits per heavy atom. The summed E-state index contributed by atoms with van der Waals surface area (Å²) in [5.74, 6) is 0.785. The summed E-state index contributed by atoms with van der Waals surface area (Å²) in [5, 5.41) is 2.36. The Bertz CT molecular complexity index is 564. The molecule has 1 aromatic heterocycles. The number of nitrogens with zero attached hydrogens (tertiary/aromatic N) is 2. The summed E-state index contributed by atoms with van der Waals surface area (Å²) in [5.41, 5.74) is 2.49. The quantitative estimate of drug-likeness (QED) is 0.799. The van der Waals surface area contributed by atoms with Crippen LogP contribution >= 0.6 is 15.9 Å². The van der Waals surface area contributed by atoms with Crippen LogP contribution in [-0.4, -0.2) is 27.8 Å². The van der Waals surface area contributed by atoms with Crippen molar-refractivity contribution in [1.29, 1.82) is 0 Å². The Morgan fingerprint density at radius 3 is 3.00 bits per heavy atom. The van der Waals surface area contributed by atoms with E-state index in [1.807, 2.05) is 6.20 Å². The lowest BCUT2D eigenvalue weighted by Gasteiger charge is -2.25. The van der Waals surface area contributed by atoms with Crippen LogP contribution in [0.4, 0.5) is 0 Å². The van der Waals surface area contributed by atoms with E-state index in [2.05, 4.69) is 63.1 Å². The Hall–Kier alpha value is -0.930. The monoisotopic (exact) mass is 318 g/mol. The molecule has 3 rings (SSSR count). The van der Waals surface area contributed by atoms with Gasteiger partial charge in [-0.15, -0.1) is 0 Å². The maximum atomic E-state index is 4.44. The van der Waals surface area contributed by atoms with E-state index in [0.29, 0.717) is 6.04 Å². The number of benzene rings is 1. The van der Waals surface area contributed by atoms with Crippen LogP contribution in [0, 0.1) is 5.92 Å². The largest absolute Gasteiger partial charge is 0.295 e. The van der Waals surface area contributed by atoms with Crippen LogP contribution < -0.4 is 0 Å². The van der Waals surface area contributed by atoms with E-state index < -0.39 is 0 Å². The number of hydrogen-bond donors (Lipinski definition) is 0. The summed E-state index contributed by atoms with van der Waals surface area (Å²) < 4.78 is 0. The minimum absolute atomic E-state index is 0.659. The fourth-order valence-electron chi connectivity index (χ4n) is 3.05. The first-order valence-corrected chi connectivity index (χ1v) is 8.04. The van der Waals surface area contributed by atoms with Crippen molar-refractivity contribution < 1.29 is 0 Å². The lowest BCUT2D eigenvalue weighted by atomic mass is 10.0. The van der Waals surface area contributed by atoms with Crippen molar-refractivity contribution in [1.82, 2.24) is 9.88 Å². The number of hydrogen-bond acceptors (Lipinski definition) is 2. The van der Waals surface area contributed by atoms with Gasteiger partial charge in [0.15, 0.2) is 0 Å². The number of likely N-dealkylation sites (tertiary alicyclic amines) is 1. The Balaban J connectivity index is 1.89. The molecule has 1 aromatic carbocycles. The number of rotatable bonds is 3. The number of fused-ring (bicyclic) bond motifs is 1. The van der Waals surface area contributed by atoms with E-state index in [-0.39, 0.29) is 0 Å². The zero-order chi connectivity index (χ0) is 13.2. The molecule has 3 heteroatoms. The van der Waals surface area contributed by atoms with E-state index >= 15 is 0 Å². The number of para-hydroxylation sites is 1. The van der Waals surface area contributed by atoms with Crippen molar-refractivity contribution >= 4 is 26.8 Å². The molecule has 2 aromatic rings. The minimum atomic E-state index is 0.659. The Morgan fingerprint density at radius 2 is 2.16 bits per heavy atom. The van der Waals surface area contributed by atoms with Gasteiger partial charge in [-0.1, -0.05) is 41.1 Å². The molecule has 2 atom stereocenters. The van der Waals surface area contributed by atoms with Gasteiger partial charge in [0.1, 0.15) is 0 Å². The maximum absolute atomic E-state index is 4.44. The van der Waals surface area contributed by atoms with Gasteiger partial charge in [0, 0.05) is 29.5 Å². The molecule has 1 aliphatic rings. The molecule has 1 saturated heterocycles. The van der Waals surface area contributed by atoms with Crippen LogP contribution in [0.15, 0.2) is 36.5 Å². The second kappa shape index (κ2) is 5.59. The maximum Gasteiger partial charge on any atom is 0.0705 e. The van der Waals surface area contributed by atoms with Crippen LogP contribution in [-0.2, 0) is 6.54 Å². The molecule has 2 nitrogen and oxygen atoms in total. The van der Waals surface area contributed by atoms with Gasteiger partial charge >= 0.3 is 0 Å². The number of halogens is 1. The van der Waals surface area contributed by atoms with Gasteiger partial charge in [-0.05, 0) is 36.6 Å². The van der Waals surface area contributed by atoms with E-state index in [1.54, 1.807) is 0 Å². The second-order valence-electron chi connectivity index (χ2n) is 5.45. The smallest absolute Gasteiger partial charge is 0.0705 e. The standard InChI is InChI=1S/C16H19BrN2/c1-12-7-9-19(16(12)10-17)11-13-6-8-18-15-5-3-2-4-14(13)15/h2-6,8,12,16H,7,9-11H2,1H3. The second-order valence-corrected chi connectivity index (χ2v) is 6.09. The van der Waals surface area contributed by atoms with Crippen molar-refractivity contribution in [3.63, 3.8) is 0 Å². The van der Waals surface area contributed by atoms with E-state index in [0.717, 1.165) is 23.3 Å². The number of alkyl halides is 1. The molecule has 1 fully saturated rings. The third-order valence-electron chi connectivity index (χ3n) is 4.27. The van der Waals surface area contributed by atoms with Gasteiger partial charge in [0.2, 0.25) is 0 Å². The van der Waals surface area contributed by atoms with Gasteiger partial charge in [0.05, 0.1) is 5.52 Å². The van der Waals surface area contributed by atoms with Gasteiger partial charge in [-0.3, -0.25) is 9.88 Å². The molecule has 1 aliphatic heterocycles. The highest BCUT2D eigenvalue weighted by Crippen LogP contribution is 2.28. The SMILES string of the molecule is CC1CCN(Cc2ccnc3ccccc23)C1CBr. The lowest BCUT2D eigenvalue weighted by Crippen LogP contribution is -2.33. The summed E-state index contributed by atoms with van der Waals surface area (Å²) in [4.78, 5) is 7.04. The predicted octanol–water partition coefficient (Wildman–Crippen LogP) is 3.84. The molecule has 0 radical (unpaired) electrons. The predicted molar refractivity (Wildman–Crippen MR) is 83.5 cm³/mol. The molecule has 2 unspecified atom stereocenters. The molecular weight excluding hydrogens is 300 g/mol. The summed E-state index contributed by atoms with van der Waals surface area (Å²) in [7, 11) is 0. The van der Waals surface area contributed by atoms with Crippen molar-refractivity contribution in [3.8, 4) is 0 Å². The van der Waals surface area contributed by atoms with Crippen molar-refractivity contribution in [2.45, 2.75) is 25.9 Å². The first-order valence-electron chi connectivity index (χ1n) is 6.92. The van der Waals surface area contributed by atoms with Crippen molar-refractivity contribution in [3.05, 3.63) is 42.1 Å². The normalized spacial score (nSPS) is 24.1. The van der Waals surface area contributed by atoms with Crippen molar-refractivity contribution in [2.24, 2.45) is 5.92 Å². The van der Waals surface area contributed by atoms with Crippen LogP contribution in [0.25, 0.3) is 10.9 Å². The summed E-state index contributed by atoms with van der Waals surface area (Å²) in [6.07, 6.45) is 3.24. The summed E-state index contributed by atoms with van der Waals surface area (Å²) >= 11 is 3.67. The first kappa shape index (κ1) is 13.1. The highest BCUT2D eigenvalue weighted by atomic mass is 79.9. The van der Waals surface area contributed by atoms with E-state index in [4.69, 9.17) is 0 Å². The van der Waals surface area contributed by atoms with Gasteiger partial charge < -0.3 is 0 Å². The summed E-state index contributed by atoms with van der Waals surface area (Å²) in [6.45, 7) is 4.59. The fraction of sp³-hybridized carbons (Fsp3) is 0.438. The molecular formula is C16H19BrN2. The highest BCUT2D eigenvalue weighted by Gasteiger charge is 2.30. The van der Waals surface area contributed by atoms with Gasteiger partial charge in [0.25, 0.3) is 0 Å². The van der Waals surface area contributed by atoms with Gasteiger partial charge in [-0.25, -0.2) is 0 Å². The molecule has 0 saturated carbocycles. The van der Waals surface area contributed by atoms with Crippen LogP contribution in [0.2, 0.25) is 0 Å². The molecule has 19 heavy (non-hydrogen) atoms. The van der Waals surface area contributed by atoms with E-state index in [9.17, 15) is 0 Å².